The molecule has 2 aromatic rings. The predicted molar refractivity (Wildman–Crippen MR) is 73.8 cm³/mol. The van der Waals surface area contributed by atoms with Crippen LogP contribution in [0.15, 0.2) is 24.4 Å². The van der Waals surface area contributed by atoms with E-state index in [1.165, 1.54) is 18.3 Å². The highest BCUT2D eigenvalue weighted by molar-refractivity contribution is 7.80. The lowest BCUT2D eigenvalue weighted by Gasteiger charge is -2.05. The molecule has 0 aliphatic carbocycles. The van der Waals surface area contributed by atoms with E-state index >= 15 is 0 Å². The molecule has 98 valence electrons. The number of carbonyl (C=O) groups excluding carboxylic acids is 1. The maximum atomic E-state index is 13.3. The molecule has 0 atom stereocenters. The molecule has 0 aliphatic heterocycles. The van der Waals surface area contributed by atoms with Crippen LogP contribution in [0.1, 0.15) is 15.9 Å². The van der Waals surface area contributed by atoms with Gasteiger partial charge in [-0.3, -0.25) is 9.89 Å². The third kappa shape index (κ3) is 2.88. The number of hydrogen-bond acceptors (Lipinski definition) is 3. The molecule has 0 spiro atoms. The number of nitrogens with two attached hydrogens (primary N) is 1. The Morgan fingerprint density at radius 1 is 1.53 bits per heavy atom. The van der Waals surface area contributed by atoms with Gasteiger partial charge < -0.3 is 11.1 Å². The summed E-state index contributed by atoms with van der Waals surface area (Å²) in [4.78, 5) is 12.0. The van der Waals surface area contributed by atoms with Gasteiger partial charge in [-0.05, 0) is 18.2 Å². The fourth-order valence-electron chi connectivity index (χ4n) is 1.39. The highest BCUT2D eigenvalue weighted by Crippen LogP contribution is 2.17. The second kappa shape index (κ2) is 5.33. The third-order valence-corrected chi connectivity index (χ3v) is 2.85. The van der Waals surface area contributed by atoms with Crippen molar-refractivity contribution >= 4 is 40.5 Å². The number of benzene rings is 1. The third-order valence-electron chi connectivity index (χ3n) is 2.33. The fourth-order valence-corrected chi connectivity index (χ4v) is 1.66. The fraction of sp³-hybridized carbons (Fsp3) is 0. The highest BCUT2D eigenvalue weighted by atomic mass is 35.5. The molecule has 0 radical (unpaired) electrons. The number of nitrogens with zero attached hydrogens (tertiary/aromatic N) is 1. The van der Waals surface area contributed by atoms with Crippen LogP contribution >= 0.6 is 23.8 Å². The number of carbonyl (C=O) groups is 1. The second-order valence-electron chi connectivity index (χ2n) is 3.61. The minimum Gasteiger partial charge on any atom is -0.389 e. The summed E-state index contributed by atoms with van der Waals surface area (Å²) in [5.74, 6) is -0.946. The zero-order chi connectivity index (χ0) is 14.0. The van der Waals surface area contributed by atoms with Gasteiger partial charge in [0.25, 0.3) is 5.91 Å². The van der Waals surface area contributed by atoms with Gasteiger partial charge in [0.1, 0.15) is 16.6 Å². The molecule has 1 aromatic heterocycles. The van der Waals surface area contributed by atoms with Crippen LogP contribution in [-0.4, -0.2) is 21.1 Å². The average molecular weight is 299 g/mol. The second-order valence-corrected chi connectivity index (χ2v) is 4.45. The first-order valence-corrected chi connectivity index (χ1v) is 5.87. The number of anilines is 1. The first-order chi connectivity index (χ1) is 8.99. The van der Waals surface area contributed by atoms with E-state index in [2.05, 4.69) is 15.5 Å². The topological polar surface area (TPSA) is 83.8 Å². The Kier molecular flexibility index (Phi) is 3.77. The number of amides is 1. The van der Waals surface area contributed by atoms with E-state index in [4.69, 9.17) is 29.6 Å². The number of rotatable bonds is 3. The van der Waals surface area contributed by atoms with Crippen molar-refractivity contribution in [1.82, 2.24) is 10.2 Å². The van der Waals surface area contributed by atoms with Crippen molar-refractivity contribution in [3.63, 3.8) is 0 Å². The van der Waals surface area contributed by atoms with Gasteiger partial charge in [-0.2, -0.15) is 5.10 Å². The lowest BCUT2D eigenvalue weighted by Crippen LogP contribution is -2.17. The number of nitrogens with one attached hydrogen (secondary N) is 2. The van der Waals surface area contributed by atoms with Gasteiger partial charge in [0, 0.05) is 5.56 Å². The van der Waals surface area contributed by atoms with Crippen LogP contribution in [0.4, 0.5) is 10.2 Å². The zero-order valence-electron chi connectivity index (χ0n) is 9.41. The van der Waals surface area contributed by atoms with Gasteiger partial charge in [-0.25, -0.2) is 4.39 Å². The summed E-state index contributed by atoms with van der Waals surface area (Å²) in [5, 5.41) is 8.71. The molecule has 1 heterocycles. The van der Waals surface area contributed by atoms with Crippen molar-refractivity contribution in [2.24, 2.45) is 5.73 Å². The van der Waals surface area contributed by atoms with E-state index in [0.29, 0.717) is 5.56 Å². The molecule has 2 rings (SSSR count). The quantitative estimate of drug-likeness (QED) is 0.758. The van der Waals surface area contributed by atoms with Crippen LogP contribution < -0.4 is 11.1 Å². The van der Waals surface area contributed by atoms with Gasteiger partial charge in [0.15, 0.2) is 0 Å². The van der Waals surface area contributed by atoms with E-state index in [1.807, 2.05) is 0 Å². The van der Waals surface area contributed by atoms with Crippen LogP contribution in [0.5, 0.6) is 0 Å². The van der Waals surface area contributed by atoms with E-state index in [9.17, 15) is 9.18 Å². The Morgan fingerprint density at radius 3 is 2.89 bits per heavy atom. The van der Waals surface area contributed by atoms with Crippen LogP contribution in [0, 0.1) is 5.82 Å². The van der Waals surface area contributed by atoms with Gasteiger partial charge in [-0.15, -0.1) is 0 Å². The molecule has 5 nitrogen and oxygen atoms in total. The van der Waals surface area contributed by atoms with Gasteiger partial charge >= 0.3 is 0 Å². The van der Waals surface area contributed by atoms with E-state index in [0.717, 1.165) is 6.07 Å². The first kappa shape index (κ1) is 13.4. The lowest BCUT2D eigenvalue weighted by atomic mass is 10.2. The summed E-state index contributed by atoms with van der Waals surface area (Å²) in [7, 11) is 0. The van der Waals surface area contributed by atoms with E-state index in [1.54, 1.807) is 0 Å². The normalized spacial score (nSPS) is 10.2. The molecule has 19 heavy (non-hydrogen) atoms. The van der Waals surface area contributed by atoms with E-state index in [-0.39, 0.29) is 21.4 Å². The Hall–Kier alpha value is -1.99. The molecule has 0 bridgehead atoms. The standard InChI is InChI=1S/C11H8ClFN4OS/c12-7-2-1-5(3-8(7)13)11(18)16-10-6(9(14)19)4-15-17-10/h1-4H,(H2,14,19)(H2,15,16,17,18). The largest absolute Gasteiger partial charge is 0.389 e. The summed E-state index contributed by atoms with van der Waals surface area (Å²) in [6.07, 6.45) is 1.39. The van der Waals surface area contributed by atoms with Crippen molar-refractivity contribution in [3.8, 4) is 0 Å². The summed E-state index contributed by atoms with van der Waals surface area (Å²) in [6.45, 7) is 0. The number of thiocarbonyl (C=S) groups is 1. The summed E-state index contributed by atoms with van der Waals surface area (Å²) < 4.78 is 13.3. The smallest absolute Gasteiger partial charge is 0.256 e. The van der Waals surface area contributed by atoms with Crippen molar-refractivity contribution in [3.05, 3.63) is 46.4 Å². The Morgan fingerprint density at radius 2 is 2.26 bits per heavy atom. The van der Waals surface area contributed by atoms with Crippen LogP contribution in [0.2, 0.25) is 5.02 Å². The number of halogens is 2. The van der Waals surface area contributed by atoms with Gasteiger partial charge in [0.05, 0.1) is 16.8 Å². The molecule has 0 unspecified atom stereocenters. The molecule has 4 N–H and O–H groups in total. The van der Waals surface area contributed by atoms with Crippen molar-refractivity contribution in [2.45, 2.75) is 0 Å². The molecule has 0 saturated carbocycles. The maximum Gasteiger partial charge on any atom is 0.256 e. The summed E-state index contributed by atoms with van der Waals surface area (Å²) >= 11 is 10.3. The number of H-pyrrole nitrogens is 1. The van der Waals surface area contributed by atoms with E-state index < -0.39 is 11.7 Å². The molecule has 0 aliphatic rings. The molecule has 8 heteroatoms. The SMILES string of the molecule is NC(=S)c1cn[nH]c1NC(=O)c1ccc(Cl)c(F)c1. The summed E-state index contributed by atoms with van der Waals surface area (Å²) in [6, 6.07) is 3.74. The van der Waals surface area contributed by atoms with Crippen LogP contribution in [-0.2, 0) is 0 Å². The summed E-state index contributed by atoms with van der Waals surface area (Å²) in [5.41, 5.74) is 5.98. The van der Waals surface area contributed by atoms with Crippen molar-refractivity contribution in [1.29, 1.82) is 0 Å². The van der Waals surface area contributed by atoms with Gasteiger partial charge in [0.2, 0.25) is 0 Å². The molecule has 1 amide bonds. The predicted octanol–water partition coefficient (Wildman–Crippen LogP) is 2.09. The highest BCUT2D eigenvalue weighted by Gasteiger charge is 2.13. The molecular weight excluding hydrogens is 291 g/mol. The molecular formula is C11H8ClFN4OS. The monoisotopic (exact) mass is 298 g/mol. The van der Waals surface area contributed by atoms with Crippen LogP contribution in [0.3, 0.4) is 0 Å². The van der Waals surface area contributed by atoms with Gasteiger partial charge in [-0.1, -0.05) is 23.8 Å². The number of aromatic nitrogens is 2. The number of aromatic amines is 1. The molecule has 0 saturated heterocycles. The zero-order valence-corrected chi connectivity index (χ0v) is 11.0. The van der Waals surface area contributed by atoms with Crippen LogP contribution in [0.25, 0.3) is 0 Å². The first-order valence-electron chi connectivity index (χ1n) is 5.08. The minimum absolute atomic E-state index is 0.0538. The maximum absolute atomic E-state index is 13.3. The lowest BCUT2D eigenvalue weighted by molar-refractivity contribution is 0.102. The molecule has 0 fully saturated rings. The Balaban J connectivity index is 2.23. The molecule has 1 aromatic carbocycles. The minimum atomic E-state index is -0.673. The average Bonchev–Trinajstić information content (AvgIpc) is 2.80. The van der Waals surface area contributed by atoms with Crippen molar-refractivity contribution in [2.75, 3.05) is 5.32 Å². The number of hydrogen-bond donors (Lipinski definition) is 3. The Labute approximate surface area is 117 Å². The Bertz CT molecular complexity index is 658. The van der Waals surface area contributed by atoms with Crippen molar-refractivity contribution < 1.29 is 9.18 Å².